The molecule has 2 aromatic carbocycles. The number of hydrogen-bond acceptors (Lipinski definition) is 3. The van der Waals surface area contributed by atoms with Gasteiger partial charge in [-0.25, -0.2) is 0 Å². The van der Waals surface area contributed by atoms with E-state index in [4.69, 9.17) is 0 Å². The van der Waals surface area contributed by atoms with Crippen LogP contribution in [0.25, 0.3) is 0 Å². The summed E-state index contributed by atoms with van der Waals surface area (Å²) in [4.78, 5) is 38.7. The average Bonchev–Trinajstić information content (AvgIpc) is 3.17. The van der Waals surface area contributed by atoms with Gasteiger partial charge in [0, 0.05) is 37.7 Å². The molecule has 1 aliphatic heterocycles. The Balaban J connectivity index is 1.55. The molecule has 0 aliphatic carbocycles. The second-order valence-corrected chi connectivity index (χ2v) is 8.57. The van der Waals surface area contributed by atoms with Crippen molar-refractivity contribution in [3.63, 3.8) is 0 Å². The molecule has 0 aromatic heterocycles. The van der Waals surface area contributed by atoms with Crippen LogP contribution in [-0.4, -0.2) is 35.2 Å². The lowest BCUT2D eigenvalue weighted by molar-refractivity contribution is -0.137. The van der Waals surface area contributed by atoms with Gasteiger partial charge in [-0.05, 0) is 48.7 Å². The van der Waals surface area contributed by atoms with Crippen molar-refractivity contribution in [2.75, 3.05) is 6.54 Å². The number of likely N-dealkylation sites (tertiary alicyclic amines) is 1. The standard InChI is InChI=1S/C25H28F3N3O3/c1-3-16(2)30-24(34)19-8-4-6-17(10-19)13-29-23(33)20-12-22(32)31(15-20)14-18-7-5-9-21(11-18)25(26,27)28/h4-11,16,20H,3,12-15H2,1-2H3,(H,29,33)(H,30,34). The predicted molar refractivity (Wildman–Crippen MR) is 120 cm³/mol. The van der Waals surface area contributed by atoms with Gasteiger partial charge >= 0.3 is 6.18 Å². The maximum atomic E-state index is 12.9. The van der Waals surface area contributed by atoms with Gasteiger partial charge in [-0.1, -0.05) is 31.2 Å². The van der Waals surface area contributed by atoms with Gasteiger partial charge in [-0.2, -0.15) is 13.2 Å². The molecule has 0 saturated carbocycles. The lowest BCUT2D eigenvalue weighted by Crippen LogP contribution is -2.33. The summed E-state index contributed by atoms with van der Waals surface area (Å²) >= 11 is 0. The third kappa shape index (κ3) is 6.59. The zero-order chi connectivity index (χ0) is 24.9. The maximum absolute atomic E-state index is 12.9. The Kier molecular flexibility index (Phi) is 7.96. The van der Waals surface area contributed by atoms with Crippen molar-refractivity contribution in [1.82, 2.24) is 15.5 Å². The summed E-state index contributed by atoms with van der Waals surface area (Å²) in [7, 11) is 0. The molecule has 1 aliphatic rings. The van der Waals surface area contributed by atoms with Crippen LogP contribution in [0, 0.1) is 5.92 Å². The fourth-order valence-electron chi connectivity index (χ4n) is 3.73. The summed E-state index contributed by atoms with van der Waals surface area (Å²) < 4.78 is 38.8. The lowest BCUT2D eigenvalue weighted by atomic mass is 10.1. The third-order valence-electron chi connectivity index (χ3n) is 5.86. The van der Waals surface area contributed by atoms with Crippen molar-refractivity contribution >= 4 is 17.7 Å². The minimum absolute atomic E-state index is 0.00213. The monoisotopic (exact) mass is 475 g/mol. The first kappa shape index (κ1) is 25.3. The minimum atomic E-state index is -4.46. The molecule has 34 heavy (non-hydrogen) atoms. The van der Waals surface area contributed by atoms with Gasteiger partial charge in [0.2, 0.25) is 11.8 Å². The highest BCUT2D eigenvalue weighted by Crippen LogP contribution is 2.30. The van der Waals surface area contributed by atoms with Crippen molar-refractivity contribution in [3.8, 4) is 0 Å². The van der Waals surface area contributed by atoms with Crippen LogP contribution < -0.4 is 10.6 Å². The molecule has 2 N–H and O–H groups in total. The van der Waals surface area contributed by atoms with Crippen molar-refractivity contribution in [2.45, 2.75) is 52.0 Å². The molecule has 0 bridgehead atoms. The highest BCUT2D eigenvalue weighted by atomic mass is 19.4. The molecule has 1 fully saturated rings. The molecule has 1 heterocycles. The average molecular weight is 476 g/mol. The van der Waals surface area contributed by atoms with Gasteiger partial charge in [0.15, 0.2) is 0 Å². The number of hydrogen-bond donors (Lipinski definition) is 2. The normalized spacial score (nSPS) is 16.9. The predicted octanol–water partition coefficient (Wildman–Crippen LogP) is 3.90. The lowest BCUT2D eigenvalue weighted by Gasteiger charge is -2.18. The first-order valence-electron chi connectivity index (χ1n) is 11.2. The molecule has 2 aromatic rings. The van der Waals surface area contributed by atoms with Crippen LogP contribution in [-0.2, 0) is 28.9 Å². The van der Waals surface area contributed by atoms with Crippen LogP contribution in [0.1, 0.15) is 53.7 Å². The summed E-state index contributed by atoms with van der Waals surface area (Å²) in [6.45, 7) is 4.24. The third-order valence-corrected chi connectivity index (χ3v) is 5.86. The van der Waals surface area contributed by atoms with Gasteiger partial charge in [-0.3, -0.25) is 14.4 Å². The molecule has 2 atom stereocenters. The van der Waals surface area contributed by atoms with Gasteiger partial charge in [0.05, 0.1) is 11.5 Å². The summed E-state index contributed by atoms with van der Waals surface area (Å²) in [5.41, 5.74) is 0.827. The number of amides is 3. The van der Waals surface area contributed by atoms with E-state index in [2.05, 4.69) is 10.6 Å². The highest BCUT2D eigenvalue weighted by molar-refractivity contribution is 5.94. The van der Waals surface area contributed by atoms with E-state index in [-0.39, 0.29) is 49.8 Å². The van der Waals surface area contributed by atoms with Crippen LogP contribution in [0.5, 0.6) is 0 Å². The first-order chi connectivity index (χ1) is 16.1. The maximum Gasteiger partial charge on any atom is 0.416 e. The van der Waals surface area contributed by atoms with Crippen molar-refractivity contribution in [1.29, 1.82) is 0 Å². The Hall–Kier alpha value is -3.36. The number of rotatable bonds is 8. The summed E-state index contributed by atoms with van der Waals surface area (Å²) in [5, 5.41) is 5.69. The number of nitrogens with zero attached hydrogens (tertiary/aromatic N) is 1. The van der Waals surface area contributed by atoms with E-state index < -0.39 is 17.7 Å². The van der Waals surface area contributed by atoms with Crippen molar-refractivity contribution < 1.29 is 27.6 Å². The number of halogens is 3. The Morgan fingerprint density at radius 1 is 1.12 bits per heavy atom. The summed E-state index contributed by atoms with van der Waals surface area (Å²) in [5.74, 6) is -1.36. The molecule has 1 saturated heterocycles. The van der Waals surface area contributed by atoms with E-state index in [0.717, 1.165) is 24.1 Å². The summed E-state index contributed by atoms with van der Waals surface area (Å²) in [6.07, 6.45) is -3.64. The fraction of sp³-hybridized carbons (Fsp3) is 0.400. The number of carbonyl (C=O) groups is 3. The second-order valence-electron chi connectivity index (χ2n) is 8.57. The van der Waals surface area contributed by atoms with E-state index in [1.54, 1.807) is 24.3 Å². The van der Waals surface area contributed by atoms with Crippen LogP contribution in [0.2, 0.25) is 0 Å². The SMILES string of the molecule is CCC(C)NC(=O)c1cccc(CNC(=O)C2CC(=O)N(Cc3cccc(C(F)(F)F)c3)C2)c1. The van der Waals surface area contributed by atoms with E-state index in [1.165, 1.54) is 17.0 Å². The van der Waals surface area contributed by atoms with Crippen molar-refractivity contribution in [2.24, 2.45) is 5.92 Å². The molecule has 6 nitrogen and oxygen atoms in total. The summed E-state index contributed by atoms with van der Waals surface area (Å²) in [6, 6.07) is 11.8. The fourth-order valence-corrected chi connectivity index (χ4v) is 3.73. The Labute approximate surface area is 196 Å². The molecular weight excluding hydrogens is 447 g/mol. The largest absolute Gasteiger partial charge is 0.416 e. The Morgan fingerprint density at radius 2 is 1.82 bits per heavy atom. The molecular formula is C25H28F3N3O3. The zero-order valence-electron chi connectivity index (χ0n) is 19.1. The first-order valence-corrected chi connectivity index (χ1v) is 11.2. The van der Waals surface area contributed by atoms with E-state index in [9.17, 15) is 27.6 Å². The van der Waals surface area contributed by atoms with E-state index in [0.29, 0.717) is 11.1 Å². The quantitative estimate of drug-likeness (QED) is 0.608. The van der Waals surface area contributed by atoms with Gasteiger partial charge in [-0.15, -0.1) is 0 Å². The Bertz CT molecular complexity index is 1050. The van der Waals surface area contributed by atoms with Crippen LogP contribution in [0.3, 0.4) is 0 Å². The van der Waals surface area contributed by atoms with Crippen LogP contribution in [0.4, 0.5) is 13.2 Å². The molecule has 3 amide bonds. The molecule has 0 radical (unpaired) electrons. The van der Waals surface area contributed by atoms with Crippen molar-refractivity contribution in [3.05, 3.63) is 70.8 Å². The van der Waals surface area contributed by atoms with Gasteiger partial charge < -0.3 is 15.5 Å². The van der Waals surface area contributed by atoms with Gasteiger partial charge in [0.25, 0.3) is 5.91 Å². The minimum Gasteiger partial charge on any atom is -0.352 e. The number of alkyl halides is 3. The van der Waals surface area contributed by atoms with E-state index in [1.807, 2.05) is 13.8 Å². The molecule has 2 unspecified atom stereocenters. The second kappa shape index (κ2) is 10.7. The van der Waals surface area contributed by atoms with Gasteiger partial charge in [0.1, 0.15) is 0 Å². The zero-order valence-corrected chi connectivity index (χ0v) is 19.1. The smallest absolute Gasteiger partial charge is 0.352 e. The molecule has 3 rings (SSSR count). The highest BCUT2D eigenvalue weighted by Gasteiger charge is 2.35. The number of carbonyl (C=O) groups excluding carboxylic acids is 3. The van der Waals surface area contributed by atoms with Crippen LogP contribution >= 0.6 is 0 Å². The number of nitrogens with one attached hydrogen (secondary N) is 2. The number of benzene rings is 2. The Morgan fingerprint density at radius 3 is 2.53 bits per heavy atom. The van der Waals surface area contributed by atoms with Crippen LogP contribution in [0.15, 0.2) is 48.5 Å². The van der Waals surface area contributed by atoms with E-state index >= 15 is 0 Å². The molecule has 182 valence electrons. The molecule has 0 spiro atoms. The topological polar surface area (TPSA) is 78.5 Å². The molecule has 9 heteroatoms.